The molecule has 0 atom stereocenters. The van der Waals surface area contributed by atoms with Crippen LogP contribution in [-0.2, 0) is 5.41 Å². The first-order valence-electron chi connectivity index (χ1n) is 10.8. The summed E-state index contributed by atoms with van der Waals surface area (Å²) in [5.41, 5.74) is 9.80. The first kappa shape index (κ1) is 18.0. The number of benzene rings is 4. The van der Waals surface area contributed by atoms with Crippen LogP contribution in [0, 0.1) is 0 Å². The van der Waals surface area contributed by atoms with Crippen LogP contribution >= 0.6 is 0 Å². The Morgan fingerprint density at radius 3 is 2.10 bits per heavy atom. The Bertz CT molecular complexity index is 1410. The van der Waals surface area contributed by atoms with E-state index in [0.29, 0.717) is 0 Å². The molecule has 0 saturated carbocycles. The van der Waals surface area contributed by atoms with E-state index in [1.807, 2.05) is 0 Å². The maximum atomic E-state index is 3.75. The molecular weight excluding hydrogens is 376 g/mol. The van der Waals surface area contributed by atoms with Crippen molar-refractivity contribution in [1.29, 1.82) is 0 Å². The fraction of sp³-hybridized carbons (Fsp3) is 0.103. The van der Waals surface area contributed by atoms with Gasteiger partial charge in [-0.2, -0.15) is 0 Å². The largest absolute Gasteiger partial charge is 0.353 e. The Balaban J connectivity index is 1.59. The standard InChI is InChI=1S/C29H24N2/c1-29(2)24-13-7-8-14-25(24)30-27-23-12-6-9-15-26(23)31(28(27)29)22-18-16-21(17-19-22)20-10-4-3-5-11-20/h3-19,30H,1-2H3. The van der Waals surface area contributed by atoms with Gasteiger partial charge in [0.05, 0.1) is 16.9 Å². The third-order valence-corrected chi connectivity index (χ3v) is 6.56. The fourth-order valence-electron chi connectivity index (χ4n) is 5.06. The van der Waals surface area contributed by atoms with Gasteiger partial charge in [0, 0.05) is 22.2 Å². The van der Waals surface area contributed by atoms with Crippen LogP contribution in [0.3, 0.4) is 0 Å². The minimum Gasteiger partial charge on any atom is -0.353 e. The summed E-state index contributed by atoms with van der Waals surface area (Å²) in [4.78, 5) is 0. The minimum atomic E-state index is -0.131. The van der Waals surface area contributed by atoms with Gasteiger partial charge in [0.1, 0.15) is 0 Å². The van der Waals surface area contributed by atoms with E-state index in [0.717, 1.165) is 0 Å². The number of rotatable bonds is 2. The van der Waals surface area contributed by atoms with Crippen LogP contribution < -0.4 is 5.32 Å². The second-order valence-corrected chi connectivity index (χ2v) is 8.78. The molecular formula is C29H24N2. The highest BCUT2D eigenvalue weighted by Gasteiger charge is 2.37. The monoisotopic (exact) mass is 400 g/mol. The van der Waals surface area contributed by atoms with E-state index in [9.17, 15) is 0 Å². The van der Waals surface area contributed by atoms with Crippen LogP contribution in [0.15, 0.2) is 103 Å². The van der Waals surface area contributed by atoms with E-state index in [4.69, 9.17) is 0 Å². The van der Waals surface area contributed by atoms with Crippen molar-refractivity contribution >= 4 is 22.3 Å². The first-order valence-corrected chi connectivity index (χ1v) is 10.8. The van der Waals surface area contributed by atoms with Crippen LogP contribution in [-0.4, -0.2) is 4.57 Å². The Hall–Kier alpha value is -3.78. The lowest BCUT2D eigenvalue weighted by atomic mass is 9.77. The molecule has 2 nitrogen and oxygen atoms in total. The van der Waals surface area contributed by atoms with Crippen molar-refractivity contribution in [3.63, 3.8) is 0 Å². The second kappa shape index (κ2) is 6.61. The summed E-state index contributed by atoms with van der Waals surface area (Å²) in [6.07, 6.45) is 0. The normalized spacial score (nSPS) is 14.0. The molecule has 1 aliphatic rings. The number of nitrogens with one attached hydrogen (secondary N) is 1. The summed E-state index contributed by atoms with van der Waals surface area (Å²) in [5, 5.41) is 5.00. The Morgan fingerprint density at radius 2 is 1.29 bits per heavy atom. The topological polar surface area (TPSA) is 17.0 Å². The molecule has 4 aromatic carbocycles. The lowest BCUT2D eigenvalue weighted by molar-refractivity contribution is 0.603. The van der Waals surface area contributed by atoms with Gasteiger partial charge in [0.15, 0.2) is 0 Å². The number of anilines is 2. The zero-order chi connectivity index (χ0) is 21.0. The van der Waals surface area contributed by atoms with Crippen LogP contribution in [0.25, 0.3) is 27.7 Å². The van der Waals surface area contributed by atoms with Crippen molar-refractivity contribution in [2.24, 2.45) is 0 Å². The van der Waals surface area contributed by atoms with E-state index in [-0.39, 0.29) is 5.41 Å². The molecule has 0 bridgehead atoms. The molecule has 31 heavy (non-hydrogen) atoms. The summed E-state index contributed by atoms with van der Waals surface area (Å²) in [5.74, 6) is 0. The molecule has 0 radical (unpaired) electrons. The van der Waals surface area contributed by atoms with Crippen LogP contribution in [0.2, 0.25) is 0 Å². The van der Waals surface area contributed by atoms with Gasteiger partial charge in [-0.05, 0) is 41.0 Å². The molecule has 0 saturated heterocycles. The van der Waals surface area contributed by atoms with Crippen LogP contribution in [0.5, 0.6) is 0 Å². The maximum Gasteiger partial charge on any atom is 0.0690 e. The second-order valence-electron chi connectivity index (χ2n) is 8.78. The van der Waals surface area contributed by atoms with Crippen molar-refractivity contribution in [3.8, 4) is 16.8 Å². The van der Waals surface area contributed by atoms with Crippen molar-refractivity contribution < 1.29 is 0 Å². The highest BCUT2D eigenvalue weighted by atomic mass is 15.1. The maximum absolute atomic E-state index is 3.75. The summed E-state index contributed by atoms with van der Waals surface area (Å²) in [6, 6.07) is 36.8. The van der Waals surface area contributed by atoms with Crippen LogP contribution in [0.1, 0.15) is 25.1 Å². The molecule has 0 amide bonds. The van der Waals surface area contributed by atoms with Crippen molar-refractivity contribution in [1.82, 2.24) is 4.57 Å². The van der Waals surface area contributed by atoms with E-state index in [2.05, 4.69) is 127 Å². The third kappa shape index (κ3) is 2.65. The number of para-hydroxylation sites is 2. The predicted molar refractivity (Wildman–Crippen MR) is 131 cm³/mol. The molecule has 1 N–H and O–H groups in total. The highest BCUT2D eigenvalue weighted by Crippen LogP contribution is 2.50. The highest BCUT2D eigenvalue weighted by molar-refractivity contribution is 6.00. The summed E-state index contributed by atoms with van der Waals surface area (Å²) >= 11 is 0. The predicted octanol–water partition coefficient (Wildman–Crippen LogP) is 7.68. The van der Waals surface area contributed by atoms with E-state index in [1.165, 1.54) is 50.3 Å². The summed E-state index contributed by atoms with van der Waals surface area (Å²) < 4.78 is 2.43. The molecule has 0 unspecified atom stereocenters. The van der Waals surface area contributed by atoms with Gasteiger partial charge in [-0.25, -0.2) is 0 Å². The van der Waals surface area contributed by atoms with Crippen LogP contribution in [0.4, 0.5) is 11.4 Å². The molecule has 2 heteroatoms. The molecule has 6 rings (SSSR count). The lowest BCUT2D eigenvalue weighted by Crippen LogP contribution is -2.28. The SMILES string of the molecule is CC1(C)c2ccccc2Nc2c1n(-c1ccc(-c3ccccc3)cc1)c1ccccc21. The number of aromatic nitrogens is 1. The smallest absolute Gasteiger partial charge is 0.0690 e. The Morgan fingerprint density at radius 1 is 0.645 bits per heavy atom. The fourth-order valence-corrected chi connectivity index (χ4v) is 5.06. The summed E-state index contributed by atoms with van der Waals surface area (Å²) in [6.45, 7) is 4.67. The first-order chi connectivity index (χ1) is 15.1. The molecule has 5 aromatic rings. The molecule has 150 valence electrons. The number of nitrogens with zero attached hydrogens (tertiary/aromatic N) is 1. The molecule has 0 aliphatic carbocycles. The zero-order valence-corrected chi connectivity index (χ0v) is 17.8. The van der Waals surface area contributed by atoms with Gasteiger partial charge in [0.2, 0.25) is 0 Å². The molecule has 1 aromatic heterocycles. The molecule has 0 spiro atoms. The van der Waals surface area contributed by atoms with E-state index in [1.54, 1.807) is 0 Å². The quantitative estimate of drug-likeness (QED) is 0.321. The Kier molecular flexibility index (Phi) is 3.85. The minimum absolute atomic E-state index is 0.131. The lowest BCUT2D eigenvalue weighted by Gasteiger charge is -2.35. The average Bonchev–Trinajstić information content (AvgIpc) is 3.15. The third-order valence-electron chi connectivity index (χ3n) is 6.56. The van der Waals surface area contributed by atoms with Gasteiger partial charge in [-0.1, -0.05) is 92.7 Å². The van der Waals surface area contributed by atoms with Crippen molar-refractivity contribution in [3.05, 3.63) is 114 Å². The van der Waals surface area contributed by atoms with Gasteiger partial charge < -0.3 is 9.88 Å². The van der Waals surface area contributed by atoms with Gasteiger partial charge in [-0.3, -0.25) is 0 Å². The van der Waals surface area contributed by atoms with Gasteiger partial charge in [0.25, 0.3) is 0 Å². The van der Waals surface area contributed by atoms with Gasteiger partial charge in [-0.15, -0.1) is 0 Å². The molecule has 2 heterocycles. The number of hydrogen-bond acceptors (Lipinski definition) is 1. The van der Waals surface area contributed by atoms with Crippen molar-refractivity contribution in [2.45, 2.75) is 19.3 Å². The summed E-state index contributed by atoms with van der Waals surface area (Å²) in [7, 11) is 0. The molecule has 1 aliphatic heterocycles. The van der Waals surface area contributed by atoms with E-state index < -0.39 is 0 Å². The molecule has 0 fully saturated rings. The van der Waals surface area contributed by atoms with Gasteiger partial charge >= 0.3 is 0 Å². The average molecular weight is 401 g/mol. The van der Waals surface area contributed by atoms with E-state index >= 15 is 0 Å². The van der Waals surface area contributed by atoms with Crippen molar-refractivity contribution in [2.75, 3.05) is 5.32 Å². The number of hydrogen-bond donors (Lipinski definition) is 1. The zero-order valence-electron chi connectivity index (χ0n) is 17.8. The Labute approximate surface area is 182 Å². The number of fused-ring (bicyclic) bond motifs is 4.